The summed E-state index contributed by atoms with van der Waals surface area (Å²) >= 11 is 0. The van der Waals surface area contributed by atoms with Gasteiger partial charge in [0.15, 0.2) is 0 Å². The minimum Gasteiger partial charge on any atom is -0.545 e. The van der Waals surface area contributed by atoms with E-state index in [1.165, 1.54) is 12.1 Å². The number of hydrogen-bond donors (Lipinski definition) is 2. The van der Waals surface area contributed by atoms with E-state index in [0.717, 1.165) is 5.56 Å². The Kier molecular flexibility index (Phi) is 10.8. The van der Waals surface area contributed by atoms with Crippen molar-refractivity contribution in [2.24, 2.45) is 11.3 Å². The number of aromatic carboxylic acids is 2. The average molecular weight is 459 g/mol. The van der Waals surface area contributed by atoms with Crippen LogP contribution in [0.3, 0.4) is 0 Å². The van der Waals surface area contributed by atoms with Gasteiger partial charge >= 0.3 is 103 Å². The Morgan fingerprint density at radius 2 is 1.53 bits per heavy atom. The fourth-order valence-electron chi connectivity index (χ4n) is 4.30. The van der Waals surface area contributed by atoms with Gasteiger partial charge in [-0.25, -0.2) is 0 Å². The SMILES string of the molecule is CC(C)C1Nc2c(C(=O)[O-])cccc2C(Nc2ccccc2C(=O)[O-])C1(C)C.[K+].[K+]. The maximum atomic E-state index is 11.7. The number of hydrogen-bond acceptors (Lipinski definition) is 6. The number of anilines is 2. The van der Waals surface area contributed by atoms with Crippen molar-refractivity contribution in [2.75, 3.05) is 10.6 Å². The first kappa shape index (κ1) is 28.3. The zero-order valence-corrected chi connectivity index (χ0v) is 24.7. The molecule has 2 unspecified atom stereocenters. The van der Waals surface area contributed by atoms with Crippen molar-refractivity contribution in [2.45, 2.75) is 39.8 Å². The molecule has 6 nitrogen and oxygen atoms in total. The van der Waals surface area contributed by atoms with Crippen molar-refractivity contribution in [3.05, 3.63) is 59.2 Å². The number of carbonyl (C=O) groups is 2. The first-order chi connectivity index (χ1) is 13.1. The van der Waals surface area contributed by atoms with E-state index in [1.807, 2.05) is 6.07 Å². The van der Waals surface area contributed by atoms with Gasteiger partial charge in [0.2, 0.25) is 0 Å². The molecule has 1 heterocycles. The summed E-state index contributed by atoms with van der Waals surface area (Å²) in [5, 5.41) is 30.0. The Labute approximate surface area is 262 Å². The average Bonchev–Trinajstić information content (AvgIpc) is 2.62. The van der Waals surface area contributed by atoms with Gasteiger partial charge in [0, 0.05) is 34.0 Å². The minimum atomic E-state index is -1.26. The normalized spacial score (nSPS) is 18.8. The third kappa shape index (κ3) is 5.59. The van der Waals surface area contributed by atoms with E-state index in [-0.39, 0.29) is 137 Å². The molecule has 8 heteroatoms. The van der Waals surface area contributed by atoms with Crippen LogP contribution in [0.4, 0.5) is 11.4 Å². The van der Waals surface area contributed by atoms with E-state index in [4.69, 9.17) is 0 Å². The summed E-state index contributed by atoms with van der Waals surface area (Å²) in [4.78, 5) is 23.2. The molecule has 2 N–H and O–H groups in total. The van der Waals surface area contributed by atoms with Crippen LogP contribution in [0, 0.1) is 11.3 Å². The number of nitrogens with one attached hydrogen (secondary N) is 2. The van der Waals surface area contributed by atoms with Gasteiger partial charge in [-0.1, -0.05) is 64.1 Å². The molecule has 2 aromatic rings. The molecule has 0 saturated heterocycles. The summed E-state index contributed by atoms with van der Waals surface area (Å²) in [6.07, 6.45) is 0. The Morgan fingerprint density at radius 1 is 0.967 bits per heavy atom. The van der Waals surface area contributed by atoms with Crippen LogP contribution in [0.1, 0.15) is 60.0 Å². The number of carboxylic acid groups (broad SMARTS) is 2. The molecule has 2 aromatic carbocycles. The summed E-state index contributed by atoms with van der Waals surface area (Å²) < 4.78 is 0. The third-order valence-electron chi connectivity index (χ3n) is 5.59. The monoisotopic (exact) mass is 458 g/mol. The number of fused-ring (bicyclic) bond motifs is 1. The number of carbonyl (C=O) groups excluding carboxylic acids is 2. The fourth-order valence-corrected chi connectivity index (χ4v) is 4.30. The summed E-state index contributed by atoms with van der Waals surface area (Å²) in [5.74, 6) is -2.31. The van der Waals surface area contributed by atoms with Crippen molar-refractivity contribution in [1.29, 1.82) is 0 Å². The molecule has 30 heavy (non-hydrogen) atoms. The quantitative estimate of drug-likeness (QED) is 0.444. The van der Waals surface area contributed by atoms with Crippen molar-refractivity contribution >= 4 is 23.3 Å². The van der Waals surface area contributed by atoms with Crippen molar-refractivity contribution in [3.8, 4) is 0 Å². The predicted molar refractivity (Wildman–Crippen MR) is 104 cm³/mol. The van der Waals surface area contributed by atoms with E-state index >= 15 is 0 Å². The van der Waals surface area contributed by atoms with Gasteiger partial charge < -0.3 is 30.4 Å². The van der Waals surface area contributed by atoms with Crippen LogP contribution in [0.25, 0.3) is 0 Å². The minimum absolute atomic E-state index is 0. The first-order valence-electron chi connectivity index (χ1n) is 9.32. The molecule has 3 rings (SSSR count). The molecule has 0 amide bonds. The van der Waals surface area contributed by atoms with Gasteiger partial charge in [-0.15, -0.1) is 0 Å². The largest absolute Gasteiger partial charge is 1.00 e. The van der Waals surface area contributed by atoms with E-state index in [2.05, 4.69) is 38.3 Å². The topological polar surface area (TPSA) is 104 Å². The smallest absolute Gasteiger partial charge is 0.545 e. The number of para-hydroxylation sites is 2. The fraction of sp³-hybridized carbons (Fsp3) is 0.364. The zero-order chi connectivity index (χ0) is 20.6. The maximum absolute atomic E-state index is 11.7. The van der Waals surface area contributed by atoms with Crippen LogP contribution < -0.4 is 124 Å². The van der Waals surface area contributed by atoms with Crippen LogP contribution in [0.5, 0.6) is 0 Å². The van der Waals surface area contributed by atoms with Gasteiger partial charge in [-0.3, -0.25) is 0 Å². The molecule has 1 aliphatic rings. The number of carboxylic acids is 2. The summed E-state index contributed by atoms with van der Waals surface area (Å²) in [5.41, 5.74) is 1.52. The third-order valence-corrected chi connectivity index (χ3v) is 5.59. The second-order valence-electron chi connectivity index (χ2n) is 8.16. The molecule has 0 saturated carbocycles. The van der Waals surface area contributed by atoms with Crippen molar-refractivity contribution < 1.29 is 123 Å². The molecule has 0 fully saturated rings. The molecule has 2 atom stereocenters. The summed E-state index contributed by atoms with van der Waals surface area (Å²) in [7, 11) is 0. The Morgan fingerprint density at radius 3 is 2.10 bits per heavy atom. The van der Waals surface area contributed by atoms with Crippen molar-refractivity contribution in [3.63, 3.8) is 0 Å². The maximum Gasteiger partial charge on any atom is 1.00 e. The van der Waals surface area contributed by atoms with Gasteiger partial charge in [0.05, 0.1) is 18.0 Å². The number of rotatable bonds is 5. The van der Waals surface area contributed by atoms with E-state index < -0.39 is 11.9 Å². The molecule has 148 valence electrons. The van der Waals surface area contributed by atoms with E-state index in [1.54, 1.807) is 24.3 Å². The second-order valence-corrected chi connectivity index (χ2v) is 8.16. The van der Waals surface area contributed by atoms with Crippen molar-refractivity contribution in [1.82, 2.24) is 0 Å². The van der Waals surface area contributed by atoms with Crippen LogP contribution in [0.15, 0.2) is 42.5 Å². The molecular weight excluding hydrogens is 434 g/mol. The summed E-state index contributed by atoms with van der Waals surface area (Å²) in [6, 6.07) is 11.3. The Bertz CT molecular complexity index is 931. The Hall–Kier alpha value is 0.253. The second kappa shape index (κ2) is 11.4. The Balaban J connectivity index is 0.00000225. The zero-order valence-electron chi connectivity index (χ0n) is 18.4. The van der Waals surface area contributed by atoms with E-state index in [9.17, 15) is 19.8 Å². The van der Waals surface area contributed by atoms with Gasteiger partial charge in [-0.05, 0) is 17.5 Å². The predicted octanol–water partition coefficient (Wildman–Crippen LogP) is -3.95. The number of benzene rings is 2. The van der Waals surface area contributed by atoms with Gasteiger partial charge in [0.1, 0.15) is 0 Å². The van der Waals surface area contributed by atoms with Crippen LogP contribution in [-0.4, -0.2) is 18.0 Å². The van der Waals surface area contributed by atoms with Gasteiger partial charge in [0.25, 0.3) is 0 Å². The van der Waals surface area contributed by atoms with Crippen LogP contribution >= 0.6 is 0 Å². The molecule has 0 spiro atoms. The molecule has 0 bridgehead atoms. The van der Waals surface area contributed by atoms with Crippen LogP contribution in [0.2, 0.25) is 0 Å². The molecule has 0 aliphatic carbocycles. The molecule has 1 aliphatic heterocycles. The first-order valence-corrected chi connectivity index (χ1v) is 9.32. The standard InChI is InChI=1S/C22H26N2O4.2K/c1-12(2)18-22(3,4)19(23-16-11-6-5-8-13(16)20(25)26)14-9-7-10-15(21(27)28)17(14)24-18;;/h5-12,18-19,23-24H,1-4H3,(H,25,26)(H,27,28);;/q;2*+1/p-2. The molecule has 0 aromatic heterocycles. The van der Waals surface area contributed by atoms with E-state index in [0.29, 0.717) is 11.4 Å². The molecule has 0 radical (unpaired) electrons. The summed E-state index contributed by atoms with van der Waals surface area (Å²) in [6.45, 7) is 8.30. The molecular formula is C22H24K2N2O4. The van der Waals surface area contributed by atoms with Gasteiger partial charge in [-0.2, -0.15) is 0 Å². The van der Waals surface area contributed by atoms with Crippen LogP contribution in [-0.2, 0) is 0 Å².